The summed E-state index contributed by atoms with van der Waals surface area (Å²) in [6, 6.07) is 14.1. The zero-order valence-electron chi connectivity index (χ0n) is 18.4. The van der Waals surface area contributed by atoms with Crippen LogP contribution in [-0.2, 0) is 14.4 Å². The average Bonchev–Trinajstić information content (AvgIpc) is 3.05. The van der Waals surface area contributed by atoms with Gasteiger partial charge in [0.2, 0.25) is 5.91 Å². The van der Waals surface area contributed by atoms with Crippen molar-refractivity contribution in [1.82, 2.24) is 4.90 Å². The monoisotopic (exact) mass is 433 g/mol. The minimum Gasteiger partial charge on any atom is -0.494 e. The largest absolute Gasteiger partial charge is 0.494 e. The van der Waals surface area contributed by atoms with Gasteiger partial charge in [-0.05, 0) is 56.0 Å². The van der Waals surface area contributed by atoms with Gasteiger partial charge in [-0.1, -0.05) is 18.2 Å². The van der Waals surface area contributed by atoms with Crippen LogP contribution >= 0.6 is 0 Å². The molecule has 166 valence electrons. The zero-order valence-corrected chi connectivity index (χ0v) is 18.4. The molecule has 1 fully saturated rings. The van der Waals surface area contributed by atoms with Gasteiger partial charge in [-0.3, -0.25) is 14.4 Å². The first-order valence-electron chi connectivity index (χ1n) is 11.0. The molecule has 0 spiro atoms. The Kier molecular flexibility index (Phi) is 6.25. The molecule has 0 radical (unpaired) electrons. The number of nitrogens with one attached hydrogen (secondary N) is 1. The van der Waals surface area contributed by atoms with Crippen LogP contribution in [0.4, 0.5) is 11.4 Å². The summed E-state index contributed by atoms with van der Waals surface area (Å²) in [7, 11) is 0. The number of rotatable bonds is 6. The number of carbonyl (C=O) groups is 3. The first-order valence-corrected chi connectivity index (χ1v) is 11.0. The second kappa shape index (κ2) is 9.26. The maximum absolute atomic E-state index is 13.6. The Bertz CT molecular complexity index is 1070. The standard InChI is InChI=1S/C25H27N3O4/c1-3-32-21-9-7-8-20(16-21)28-24(30)22(18-10-12-19(13-11-18)26-17(2)29)23(25(28)31)27-14-5-4-6-15-27/h7-13,16H,3-6,14-15H2,1-2H3,(H,26,29). The van der Waals surface area contributed by atoms with E-state index in [2.05, 4.69) is 5.32 Å². The van der Waals surface area contributed by atoms with E-state index >= 15 is 0 Å². The summed E-state index contributed by atoms with van der Waals surface area (Å²) in [6.07, 6.45) is 3.09. The van der Waals surface area contributed by atoms with Crippen molar-refractivity contribution in [2.45, 2.75) is 33.1 Å². The smallest absolute Gasteiger partial charge is 0.282 e. The number of amides is 3. The van der Waals surface area contributed by atoms with Gasteiger partial charge in [-0.15, -0.1) is 0 Å². The summed E-state index contributed by atoms with van der Waals surface area (Å²) in [4.78, 5) is 41.8. The van der Waals surface area contributed by atoms with E-state index in [4.69, 9.17) is 4.74 Å². The van der Waals surface area contributed by atoms with E-state index in [0.717, 1.165) is 32.4 Å². The fourth-order valence-corrected chi connectivity index (χ4v) is 4.23. The summed E-state index contributed by atoms with van der Waals surface area (Å²) in [5, 5.41) is 2.73. The number of piperidine rings is 1. The molecule has 2 heterocycles. The van der Waals surface area contributed by atoms with Crippen LogP contribution in [0, 0.1) is 0 Å². The van der Waals surface area contributed by atoms with Crippen LogP contribution in [0.5, 0.6) is 5.75 Å². The summed E-state index contributed by atoms with van der Waals surface area (Å²) < 4.78 is 5.57. The molecular weight excluding hydrogens is 406 g/mol. The highest BCUT2D eigenvalue weighted by Crippen LogP contribution is 2.37. The van der Waals surface area contributed by atoms with Crippen molar-refractivity contribution in [3.63, 3.8) is 0 Å². The zero-order chi connectivity index (χ0) is 22.7. The van der Waals surface area contributed by atoms with Crippen molar-refractivity contribution >= 4 is 34.7 Å². The van der Waals surface area contributed by atoms with Gasteiger partial charge in [-0.2, -0.15) is 0 Å². The van der Waals surface area contributed by atoms with Gasteiger partial charge >= 0.3 is 0 Å². The third-order valence-corrected chi connectivity index (χ3v) is 5.61. The van der Waals surface area contributed by atoms with Crippen molar-refractivity contribution < 1.29 is 19.1 Å². The van der Waals surface area contributed by atoms with Crippen LogP contribution in [0.3, 0.4) is 0 Å². The van der Waals surface area contributed by atoms with Gasteiger partial charge in [0.25, 0.3) is 11.8 Å². The van der Waals surface area contributed by atoms with Crippen molar-refractivity contribution in [3.05, 3.63) is 59.8 Å². The molecule has 2 aromatic rings. The molecule has 0 aromatic heterocycles. The van der Waals surface area contributed by atoms with E-state index in [-0.39, 0.29) is 17.7 Å². The van der Waals surface area contributed by atoms with Crippen LogP contribution in [0.2, 0.25) is 0 Å². The average molecular weight is 434 g/mol. The van der Waals surface area contributed by atoms with Crippen molar-refractivity contribution in [2.75, 3.05) is 29.9 Å². The van der Waals surface area contributed by atoms with E-state index in [1.807, 2.05) is 11.8 Å². The van der Waals surface area contributed by atoms with Crippen LogP contribution in [0.25, 0.3) is 5.57 Å². The molecule has 32 heavy (non-hydrogen) atoms. The lowest BCUT2D eigenvalue weighted by Crippen LogP contribution is -2.37. The maximum Gasteiger partial charge on any atom is 0.282 e. The quantitative estimate of drug-likeness (QED) is 0.701. The highest BCUT2D eigenvalue weighted by atomic mass is 16.5. The van der Waals surface area contributed by atoms with E-state index in [1.54, 1.807) is 48.5 Å². The Labute approximate surface area is 187 Å². The summed E-state index contributed by atoms with van der Waals surface area (Å²) in [5.41, 5.74) is 2.63. The lowest BCUT2D eigenvalue weighted by molar-refractivity contribution is -0.121. The number of hydrogen-bond donors (Lipinski definition) is 1. The van der Waals surface area contributed by atoms with Gasteiger partial charge in [0.15, 0.2) is 0 Å². The molecule has 4 rings (SSSR count). The molecule has 0 aliphatic carbocycles. The Balaban J connectivity index is 1.75. The van der Waals surface area contributed by atoms with Gasteiger partial charge in [0.05, 0.1) is 17.9 Å². The molecule has 2 aromatic carbocycles. The van der Waals surface area contributed by atoms with Crippen molar-refractivity contribution in [2.24, 2.45) is 0 Å². The normalized spacial score (nSPS) is 16.6. The molecule has 0 bridgehead atoms. The van der Waals surface area contributed by atoms with Gasteiger partial charge in [0.1, 0.15) is 11.4 Å². The number of nitrogens with zero attached hydrogens (tertiary/aromatic N) is 2. The molecule has 2 aliphatic heterocycles. The Morgan fingerprint density at radius 2 is 1.72 bits per heavy atom. The van der Waals surface area contributed by atoms with Gasteiger partial charge in [-0.25, -0.2) is 4.90 Å². The topological polar surface area (TPSA) is 79.0 Å². The lowest BCUT2D eigenvalue weighted by Gasteiger charge is -2.29. The van der Waals surface area contributed by atoms with Crippen molar-refractivity contribution in [3.8, 4) is 5.75 Å². The first kappa shape index (κ1) is 21.6. The number of carbonyl (C=O) groups excluding carboxylic acids is 3. The minimum atomic E-state index is -0.350. The van der Waals surface area contributed by atoms with Crippen LogP contribution < -0.4 is 15.0 Å². The van der Waals surface area contributed by atoms with Crippen molar-refractivity contribution in [1.29, 1.82) is 0 Å². The van der Waals surface area contributed by atoms with Gasteiger partial charge in [0, 0.05) is 31.8 Å². The third kappa shape index (κ3) is 4.23. The highest BCUT2D eigenvalue weighted by Gasteiger charge is 2.42. The molecule has 0 atom stereocenters. The number of benzene rings is 2. The van der Waals surface area contributed by atoms with E-state index in [0.29, 0.717) is 40.6 Å². The highest BCUT2D eigenvalue weighted by molar-refractivity contribution is 6.45. The van der Waals surface area contributed by atoms with E-state index in [9.17, 15) is 14.4 Å². The molecule has 0 unspecified atom stereocenters. The number of ether oxygens (including phenoxy) is 1. The fraction of sp³-hybridized carbons (Fsp3) is 0.320. The molecule has 7 nitrogen and oxygen atoms in total. The molecule has 1 N–H and O–H groups in total. The van der Waals surface area contributed by atoms with Crippen LogP contribution in [0.1, 0.15) is 38.7 Å². The second-order valence-electron chi connectivity index (χ2n) is 7.91. The fourth-order valence-electron chi connectivity index (χ4n) is 4.23. The van der Waals surface area contributed by atoms with E-state index in [1.165, 1.54) is 11.8 Å². The number of anilines is 2. The van der Waals surface area contributed by atoms with E-state index < -0.39 is 0 Å². The SMILES string of the molecule is CCOc1cccc(N2C(=O)C(c3ccc(NC(C)=O)cc3)=C(N3CCCCC3)C2=O)c1. The third-order valence-electron chi connectivity index (χ3n) is 5.61. The van der Waals surface area contributed by atoms with Crippen LogP contribution in [0.15, 0.2) is 54.2 Å². The number of imide groups is 1. The summed E-state index contributed by atoms with van der Waals surface area (Å²) in [5.74, 6) is -0.223. The molecule has 3 amide bonds. The Morgan fingerprint density at radius 1 is 1.00 bits per heavy atom. The summed E-state index contributed by atoms with van der Waals surface area (Å²) in [6.45, 7) is 5.31. The number of hydrogen-bond acceptors (Lipinski definition) is 5. The molecule has 1 saturated heterocycles. The molecule has 0 saturated carbocycles. The number of likely N-dealkylation sites (tertiary alicyclic amines) is 1. The minimum absolute atomic E-state index is 0.168. The molecule has 7 heteroatoms. The second-order valence-corrected chi connectivity index (χ2v) is 7.91. The molecule has 2 aliphatic rings. The lowest BCUT2D eigenvalue weighted by atomic mass is 10.0. The molecular formula is C25H27N3O4. The predicted molar refractivity (Wildman–Crippen MR) is 123 cm³/mol. The predicted octanol–water partition coefficient (Wildman–Crippen LogP) is 3.81. The van der Waals surface area contributed by atoms with Crippen LogP contribution in [-0.4, -0.2) is 42.3 Å². The summed E-state index contributed by atoms with van der Waals surface area (Å²) >= 11 is 0. The maximum atomic E-state index is 13.6. The van der Waals surface area contributed by atoms with Gasteiger partial charge < -0.3 is 15.0 Å². The Morgan fingerprint density at radius 3 is 2.38 bits per heavy atom. The Hall–Kier alpha value is -3.61. The first-order chi connectivity index (χ1) is 15.5.